The topological polar surface area (TPSA) is 105 Å². The Bertz CT molecular complexity index is 1740. The minimum absolute atomic E-state index is 0.122. The Morgan fingerprint density at radius 3 is 0.771 bits per heavy atom. The minimum Gasteiger partial charge on any atom is -0.462 e. The third-order valence-corrected chi connectivity index (χ3v) is 7.97. The summed E-state index contributed by atoms with van der Waals surface area (Å²) in [4.78, 5) is 54.2. The third kappa shape index (κ3) is 6.80. The van der Waals surface area contributed by atoms with Crippen LogP contribution in [-0.2, 0) is 18.9 Å². The van der Waals surface area contributed by atoms with Gasteiger partial charge in [-0.05, 0) is 80.3 Å². The van der Waals surface area contributed by atoms with Crippen molar-refractivity contribution in [2.75, 3.05) is 26.4 Å². The Morgan fingerprint density at radius 2 is 0.583 bits per heavy atom. The van der Waals surface area contributed by atoms with Crippen LogP contribution >= 0.6 is 0 Å². The van der Waals surface area contributed by atoms with Crippen molar-refractivity contribution in [2.45, 2.75) is 55.4 Å². The summed E-state index contributed by atoms with van der Waals surface area (Å²) in [6.45, 7) is 16.5. The van der Waals surface area contributed by atoms with E-state index in [1.165, 1.54) is 0 Å². The first-order valence-corrected chi connectivity index (χ1v) is 16.7. The number of fused-ring (bicyclic) bond motifs is 2. The van der Waals surface area contributed by atoms with E-state index in [0.717, 1.165) is 21.5 Å². The molecule has 0 aliphatic carbocycles. The average molecular weight is 653 g/mol. The van der Waals surface area contributed by atoms with Gasteiger partial charge in [0.25, 0.3) is 0 Å². The lowest BCUT2D eigenvalue weighted by atomic mass is 9.84. The second kappa shape index (κ2) is 14.2. The van der Waals surface area contributed by atoms with Crippen LogP contribution in [0.2, 0.25) is 0 Å². The maximum absolute atomic E-state index is 13.6. The molecule has 0 atom stereocenters. The van der Waals surface area contributed by atoms with Crippen molar-refractivity contribution < 1.29 is 38.1 Å². The largest absolute Gasteiger partial charge is 0.462 e. The summed E-state index contributed by atoms with van der Waals surface area (Å²) in [6.07, 6.45) is 0. The van der Waals surface area contributed by atoms with Crippen LogP contribution in [0, 0.1) is 23.7 Å². The smallest absolute Gasteiger partial charge is 0.338 e. The lowest BCUT2D eigenvalue weighted by Gasteiger charge is -2.20. The van der Waals surface area contributed by atoms with Crippen molar-refractivity contribution in [1.29, 1.82) is 0 Å². The van der Waals surface area contributed by atoms with E-state index >= 15 is 0 Å². The van der Waals surface area contributed by atoms with E-state index in [9.17, 15) is 19.2 Å². The molecule has 0 radical (unpaired) electrons. The van der Waals surface area contributed by atoms with Gasteiger partial charge in [0.05, 0.1) is 48.7 Å². The molecule has 0 bridgehead atoms. The SMILES string of the molecule is CC(C)COC(=O)c1ccc2c3ccc(C(=O)OCC(C)C)c4c(C(=O)OCC(C)C)ccc(c5ccc(C(=O)OCC(C)C)c1c25)c43. The van der Waals surface area contributed by atoms with Crippen LogP contribution in [0.15, 0.2) is 48.5 Å². The standard InChI is InChI=1S/C40H44O8/c1-21(2)17-45-37(41)29-13-9-25-27-11-15-31(39(43)47-19-23(5)6)36-32(40(44)48-20-24(7)8)16-12-28(34(27)36)26-10-14-30(35(29)33(25)26)38(42)46-18-22(3)4/h9-16,21-24H,17-20H2,1-8H3. The van der Waals surface area contributed by atoms with Crippen LogP contribution in [0.1, 0.15) is 96.8 Å². The zero-order valence-electron chi connectivity index (χ0n) is 29.0. The molecule has 0 saturated carbocycles. The second-order valence-corrected chi connectivity index (χ2v) is 14.1. The van der Waals surface area contributed by atoms with Gasteiger partial charge in [0, 0.05) is 10.8 Å². The molecule has 48 heavy (non-hydrogen) atoms. The van der Waals surface area contributed by atoms with Crippen LogP contribution in [0.4, 0.5) is 0 Å². The zero-order valence-corrected chi connectivity index (χ0v) is 29.0. The molecule has 5 rings (SSSR count). The van der Waals surface area contributed by atoms with Crippen molar-refractivity contribution in [3.8, 4) is 0 Å². The number of carbonyl (C=O) groups excluding carboxylic acids is 4. The molecule has 0 aliphatic rings. The van der Waals surface area contributed by atoms with Crippen molar-refractivity contribution in [2.24, 2.45) is 23.7 Å². The third-order valence-electron chi connectivity index (χ3n) is 7.97. The number of esters is 4. The molecule has 252 valence electrons. The van der Waals surface area contributed by atoms with Gasteiger partial charge in [0.2, 0.25) is 0 Å². The molecule has 0 aromatic heterocycles. The zero-order chi connectivity index (χ0) is 34.9. The molecule has 0 saturated heterocycles. The van der Waals surface area contributed by atoms with Gasteiger partial charge in [0.15, 0.2) is 0 Å². The highest BCUT2D eigenvalue weighted by molar-refractivity contribution is 6.38. The van der Waals surface area contributed by atoms with Crippen LogP contribution < -0.4 is 0 Å². The Morgan fingerprint density at radius 1 is 0.375 bits per heavy atom. The van der Waals surface area contributed by atoms with Crippen LogP contribution in [0.25, 0.3) is 43.1 Å². The molecule has 5 aromatic carbocycles. The van der Waals surface area contributed by atoms with Crippen LogP contribution in [0.5, 0.6) is 0 Å². The number of rotatable bonds is 12. The molecule has 0 spiro atoms. The van der Waals surface area contributed by atoms with Gasteiger partial charge in [0.1, 0.15) is 0 Å². The minimum atomic E-state index is -0.534. The van der Waals surface area contributed by atoms with Crippen molar-refractivity contribution in [1.82, 2.24) is 0 Å². The molecule has 8 nitrogen and oxygen atoms in total. The summed E-state index contributed by atoms with van der Waals surface area (Å²) in [7, 11) is 0. The highest BCUT2D eigenvalue weighted by Crippen LogP contribution is 2.44. The first-order chi connectivity index (χ1) is 22.8. The Kier molecular flexibility index (Phi) is 10.2. The van der Waals surface area contributed by atoms with Gasteiger partial charge in [-0.2, -0.15) is 0 Å². The van der Waals surface area contributed by atoms with E-state index < -0.39 is 23.9 Å². The van der Waals surface area contributed by atoms with Gasteiger partial charge < -0.3 is 18.9 Å². The van der Waals surface area contributed by atoms with E-state index in [2.05, 4.69) is 0 Å². The number of ether oxygens (including phenoxy) is 4. The predicted molar refractivity (Wildman–Crippen MR) is 188 cm³/mol. The fourth-order valence-corrected chi connectivity index (χ4v) is 5.85. The van der Waals surface area contributed by atoms with Gasteiger partial charge in [-0.1, -0.05) is 79.7 Å². The molecule has 5 aromatic rings. The molecular weight excluding hydrogens is 608 g/mol. The maximum atomic E-state index is 13.6. The lowest BCUT2D eigenvalue weighted by molar-refractivity contribution is 0.0445. The highest BCUT2D eigenvalue weighted by Gasteiger charge is 2.27. The second-order valence-electron chi connectivity index (χ2n) is 14.1. The summed E-state index contributed by atoms with van der Waals surface area (Å²) < 4.78 is 22.6. The number of carbonyl (C=O) groups is 4. The Hall–Kier alpha value is -4.72. The molecule has 0 fully saturated rings. The first-order valence-electron chi connectivity index (χ1n) is 16.7. The molecule has 0 heterocycles. The van der Waals surface area contributed by atoms with Gasteiger partial charge in [-0.15, -0.1) is 0 Å². The summed E-state index contributed by atoms with van der Waals surface area (Å²) in [5.74, 6) is -1.65. The summed E-state index contributed by atoms with van der Waals surface area (Å²) in [6, 6.07) is 14.0. The number of benzene rings is 5. The molecule has 8 heteroatoms. The summed E-state index contributed by atoms with van der Waals surface area (Å²) in [5.41, 5.74) is 1.04. The van der Waals surface area contributed by atoms with Crippen LogP contribution in [0.3, 0.4) is 0 Å². The maximum Gasteiger partial charge on any atom is 0.338 e. The predicted octanol–water partition coefficient (Wildman–Crippen LogP) is 8.99. The van der Waals surface area contributed by atoms with Gasteiger partial charge in [-0.25, -0.2) is 19.2 Å². The highest BCUT2D eigenvalue weighted by atomic mass is 16.5. The van der Waals surface area contributed by atoms with Gasteiger partial charge in [-0.3, -0.25) is 0 Å². The molecule has 0 N–H and O–H groups in total. The lowest BCUT2D eigenvalue weighted by Crippen LogP contribution is -2.15. The molecule has 0 aliphatic heterocycles. The van der Waals surface area contributed by atoms with Crippen molar-refractivity contribution >= 4 is 67.0 Å². The molecular formula is C40H44O8. The normalized spacial score (nSPS) is 11.9. The Labute approximate surface area is 281 Å². The summed E-state index contributed by atoms with van der Waals surface area (Å²) in [5, 5.41) is 5.22. The number of hydrogen-bond acceptors (Lipinski definition) is 8. The van der Waals surface area contributed by atoms with Crippen molar-refractivity contribution in [3.05, 3.63) is 70.8 Å². The van der Waals surface area contributed by atoms with Crippen LogP contribution in [-0.4, -0.2) is 50.3 Å². The monoisotopic (exact) mass is 652 g/mol. The Balaban J connectivity index is 1.86. The van der Waals surface area contributed by atoms with E-state index in [1.54, 1.807) is 24.3 Å². The fourth-order valence-electron chi connectivity index (χ4n) is 5.85. The van der Waals surface area contributed by atoms with Gasteiger partial charge >= 0.3 is 23.9 Å². The fraction of sp³-hybridized carbons (Fsp3) is 0.400. The number of hydrogen-bond donors (Lipinski definition) is 0. The quantitative estimate of drug-likeness (QED) is 0.0569. The van der Waals surface area contributed by atoms with E-state index in [4.69, 9.17) is 18.9 Å². The first kappa shape index (κ1) is 34.6. The molecule has 0 amide bonds. The summed E-state index contributed by atoms with van der Waals surface area (Å²) >= 11 is 0. The van der Waals surface area contributed by atoms with E-state index in [1.807, 2.05) is 79.7 Å². The average Bonchev–Trinajstić information content (AvgIpc) is 3.05. The van der Waals surface area contributed by atoms with Crippen molar-refractivity contribution in [3.63, 3.8) is 0 Å². The van der Waals surface area contributed by atoms with E-state index in [0.29, 0.717) is 21.5 Å². The van der Waals surface area contributed by atoms with E-state index in [-0.39, 0.29) is 72.4 Å². The molecule has 0 unspecified atom stereocenters.